The van der Waals surface area contributed by atoms with Crippen molar-refractivity contribution in [1.82, 2.24) is 15.6 Å². The Hall–Kier alpha value is -2.65. The summed E-state index contributed by atoms with van der Waals surface area (Å²) in [6.07, 6.45) is 1.13. The summed E-state index contributed by atoms with van der Waals surface area (Å²) >= 11 is 1.36. The molecule has 5 N–H and O–H groups in total. The highest BCUT2D eigenvalue weighted by Gasteiger charge is 2.30. The van der Waals surface area contributed by atoms with Crippen LogP contribution in [0.4, 0.5) is 4.79 Å². The molecular weight excluding hydrogens is 418 g/mol. The Morgan fingerprint density at radius 1 is 1.23 bits per heavy atom. The minimum absolute atomic E-state index is 0.0360. The van der Waals surface area contributed by atoms with Crippen molar-refractivity contribution in [2.75, 3.05) is 0 Å². The number of hydrogen-bond acceptors (Lipinski definition) is 5. The van der Waals surface area contributed by atoms with Crippen LogP contribution >= 0.6 is 11.3 Å². The first-order chi connectivity index (χ1) is 14.7. The monoisotopic (exact) mass is 447 g/mol. The summed E-state index contributed by atoms with van der Waals surface area (Å²) < 4.78 is 0. The van der Waals surface area contributed by atoms with Crippen LogP contribution < -0.4 is 16.2 Å². The van der Waals surface area contributed by atoms with Gasteiger partial charge in [-0.1, -0.05) is 0 Å². The maximum absolute atomic E-state index is 12.7. The van der Waals surface area contributed by atoms with Gasteiger partial charge in [0.25, 0.3) is 11.5 Å². The van der Waals surface area contributed by atoms with Crippen LogP contribution in [-0.2, 0) is 6.54 Å². The van der Waals surface area contributed by atoms with Crippen LogP contribution in [0, 0.1) is 26.7 Å². The van der Waals surface area contributed by atoms with E-state index >= 15 is 0 Å². The molecule has 168 valence electrons. The molecule has 0 radical (unpaired) electrons. The van der Waals surface area contributed by atoms with Gasteiger partial charge in [-0.15, -0.1) is 11.3 Å². The maximum atomic E-state index is 12.7. The number of amides is 2. The number of aromatic amines is 1. The zero-order valence-corrected chi connectivity index (χ0v) is 18.8. The van der Waals surface area contributed by atoms with E-state index in [1.54, 1.807) is 5.38 Å². The lowest BCUT2D eigenvalue weighted by atomic mass is 9.81. The van der Waals surface area contributed by atoms with E-state index in [0.717, 1.165) is 34.5 Å². The molecule has 2 aromatic rings. The van der Waals surface area contributed by atoms with Crippen molar-refractivity contribution < 1.29 is 19.8 Å². The molecule has 2 heterocycles. The van der Waals surface area contributed by atoms with Crippen molar-refractivity contribution in [3.63, 3.8) is 0 Å². The summed E-state index contributed by atoms with van der Waals surface area (Å²) in [5.41, 5.74) is 3.17. The summed E-state index contributed by atoms with van der Waals surface area (Å²) in [6.45, 7) is 5.61. The molecule has 2 amide bonds. The van der Waals surface area contributed by atoms with Gasteiger partial charge in [-0.3, -0.25) is 9.59 Å². The molecule has 0 spiro atoms. The van der Waals surface area contributed by atoms with Gasteiger partial charge in [0.15, 0.2) is 0 Å². The van der Waals surface area contributed by atoms with E-state index in [1.807, 2.05) is 26.8 Å². The van der Waals surface area contributed by atoms with Crippen molar-refractivity contribution >= 4 is 23.3 Å². The molecule has 0 saturated heterocycles. The Morgan fingerprint density at radius 3 is 2.52 bits per heavy atom. The molecule has 1 atom stereocenters. The van der Waals surface area contributed by atoms with Gasteiger partial charge in [-0.2, -0.15) is 0 Å². The second-order valence-corrected chi connectivity index (χ2v) is 9.18. The number of H-pyrrole nitrogens is 1. The molecule has 1 saturated carbocycles. The average Bonchev–Trinajstić information content (AvgIpc) is 3.08. The topological polar surface area (TPSA) is 132 Å². The third-order valence-electron chi connectivity index (χ3n) is 6.06. The molecule has 1 aliphatic rings. The van der Waals surface area contributed by atoms with E-state index in [0.29, 0.717) is 24.0 Å². The van der Waals surface area contributed by atoms with Crippen molar-refractivity contribution in [2.45, 2.75) is 65.1 Å². The number of hydrogen-bond donors (Lipinski definition) is 5. The molecule has 0 aromatic carbocycles. The highest BCUT2D eigenvalue weighted by molar-refractivity contribution is 7.10. The van der Waals surface area contributed by atoms with Crippen LogP contribution in [0.5, 0.6) is 0 Å². The van der Waals surface area contributed by atoms with Gasteiger partial charge in [-0.05, 0) is 69.6 Å². The first-order valence-electron chi connectivity index (χ1n) is 10.4. The molecule has 31 heavy (non-hydrogen) atoms. The van der Waals surface area contributed by atoms with Crippen molar-refractivity contribution in [2.24, 2.45) is 5.92 Å². The Kier molecular flexibility index (Phi) is 7.17. The Bertz CT molecular complexity index is 1020. The van der Waals surface area contributed by atoms with Gasteiger partial charge in [-0.25, -0.2) is 4.79 Å². The van der Waals surface area contributed by atoms with E-state index < -0.39 is 12.2 Å². The lowest BCUT2D eigenvalue weighted by Crippen LogP contribution is -2.37. The molecule has 1 unspecified atom stereocenters. The van der Waals surface area contributed by atoms with E-state index in [4.69, 9.17) is 5.11 Å². The standard InChI is InChI=1S/C22H29N3O5S/c1-11-8-12(2)24-21(28)16(11)9-23-20(27)17-10-31-19(13(17)3)18(26)14-4-6-15(7-5-14)25-22(29)30/h8,10,14-15,18,25-26H,4-7,9H2,1-3H3,(H,23,27)(H,24,28)(H,29,30)/t14-,15-,18?. The van der Waals surface area contributed by atoms with Crippen molar-refractivity contribution in [3.8, 4) is 0 Å². The molecular formula is C22H29N3O5S. The summed E-state index contributed by atoms with van der Waals surface area (Å²) in [7, 11) is 0. The number of aliphatic hydroxyl groups excluding tert-OH is 1. The van der Waals surface area contributed by atoms with Gasteiger partial charge in [0.2, 0.25) is 0 Å². The summed E-state index contributed by atoms with van der Waals surface area (Å²) in [6, 6.07) is 1.80. The zero-order valence-electron chi connectivity index (χ0n) is 17.9. The molecule has 1 aliphatic carbocycles. The molecule has 0 aliphatic heterocycles. The lowest BCUT2D eigenvalue weighted by molar-refractivity contribution is 0.0802. The minimum Gasteiger partial charge on any atom is -0.465 e. The number of pyridine rings is 1. The fourth-order valence-corrected chi connectivity index (χ4v) is 5.43. The number of thiophene rings is 1. The smallest absolute Gasteiger partial charge is 0.404 e. The number of aryl methyl sites for hydroxylation is 2. The van der Waals surface area contributed by atoms with Crippen LogP contribution in [0.2, 0.25) is 0 Å². The van der Waals surface area contributed by atoms with Gasteiger partial charge in [0, 0.05) is 34.1 Å². The predicted molar refractivity (Wildman–Crippen MR) is 119 cm³/mol. The number of carboxylic acid groups (broad SMARTS) is 1. The van der Waals surface area contributed by atoms with E-state index in [-0.39, 0.29) is 30.0 Å². The van der Waals surface area contributed by atoms with E-state index in [1.165, 1.54) is 11.3 Å². The highest BCUT2D eigenvalue weighted by Crippen LogP contribution is 2.39. The number of aromatic nitrogens is 1. The molecule has 3 rings (SSSR count). The normalized spacial score (nSPS) is 19.6. The van der Waals surface area contributed by atoms with Gasteiger partial charge >= 0.3 is 6.09 Å². The first kappa shape index (κ1) is 23.0. The Labute approximate surface area is 184 Å². The summed E-state index contributed by atoms with van der Waals surface area (Å²) in [5, 5.41) is 26.8. The molecule has 2 aromatic heterocycles. The van der Waals surface area contributed by atoms with Crippen LogP contribution in [0.3, 0.4) is 0 Å². The molecule has 0 bridgehead atoms. The van der Waals surface area contributed by atoms with E-state index in [2.05, 4.69) is 15.6 Å². The van der Waals surface area contributed by atoms with Crippen molar-refractivity contribution in [3.05, 3.63) is 54.6 Å². The first-order valence-corrected chi connectivity index (χ1v) is 11.3. The maximum Gasteiger partial charge on any atom is 0.404 e. The highest BCUT2D eigenvalue weighted by atomic mass is 32.1. The van der Waals surface area contributed by atoms with Crippen LogP contribution in [-0.4, -0.2) is 33.2 Å². The van der Waals surface area contributed by atoms with Crippen LogP contribution in [0.1, 0.15) is 69.4 Å². The largest absolute Gasteiger partial charge is 0.465 e. The van der Waals surface area contributed by atoms with Gasteiger partial charge < -0.3 is 25.8 Å². The second kappa shape index (κ2) is 9.65. The quantitative estimate of drug-likeness (QED) is 0.464. The molecule has 1 fully saturated rings. The predicted octanol–water partition coefficient (Wildman–Crippen LogP) is 3.15. The fourth-order valence-electron chi connectivity index (χ4n) is 4.28. The van der Waals surface area contributed by atoms with Gasteiger partial charge in [0.05, 0.1) is 11.7 Å². The number of rotatable bonds is 6. The Balaban J connectivity index is 1.64. The zero-order chi connectivity index (χ0) is 22.7. The molecule has 9 heteroatoms. The number of aliphatic hydroxyl groups is 1. The van der Waals surface area contributed by atoms with Crippen LogP contribution in [0.25, 0.3) is 0 Å². The van der Waals surface area contributed by atoms with Gasteiger partial charge in [0.1, 0.15) is 0 Å². The minimum atomic E-state index is -1.02. The number of carbonyl (C=O) groups is 2. The Morgan fingerprint density at radius 2 is 1.90 bits per heavy atom. The third-order valence-corrected chi connectivity index (χ3v) is 7.21. The SMILES string of the molecule is Cc1cc(C)c(CNC(=O)c2csc(C(O)[C@H]3CC[C@H](NC(=O)O)CC3)c2C)c(=O)[nH]1. The fraction of sp³-hybridized carbons (Fsp3) is 0.500. The third kappa shape index (κ3) is 5.34. The van der Waals surface area contributed by atoms with E-state index in [9.17, 15) is 19.5 Å². The summed E-state index contributed by atoms with van der Waals surface area (Å²) in [5.74, 6) is -0.241. The van der Waals surface area contributed by atoms with Crippen LogP contribution in [0.15, 0.2) is 16.2 Å². The number of carbonyl (C=O) groups excluding carboxylic acids is 1. The number of nitrogens with one attached hydrogen (secondary N) is 3. The molecule has 8 nitrogen and oxygen atoms in total. The average molecular weight is 448 g/mol. The summed E-state index contributed by atoms with van der Waals surface area (Å²) in [4.78, 5) is 39.2. The second-order valence-electron chi connectivity index (χ2n) is 8.27. The van der Waals surface area contributed by atoms with Crippen molar-refractivity contribution in [1.29, 1.82) is 0 Å². The lowest BCUT2D eigenvalue weighted by Gasteiger charge is -2.31.